The zero-order valence-corrected chi connectivity index (χ0v) is 20.6. The predicted molar refractivity (Wildman–Crippen MR) is 153 cm³/mol. The molecule has 0 unspecified atom stereocenters. The monoisotopic (exact) mass is 495 g/mol. The first-order valence-corrected chi connectivity index (χ1v) is 12.5. The minimum Gasteiger partial charge on any atom is -0.335 e. The smallest absolute Gasteiger partial charge is 0.257 e. The van der Waals surface area contributed by atoms with E-state index in [1.165, 1.54) is 0 Å². The molecule has 2 N–H and O–H groups in total. The number of benzene rings is 5. The van der Waals surface area contributed by atoms with Crippen LogP contribution in [0.1, 0.15) is 26.3 Å². The highest BCUT2D eigenvalue weighted by Crippen LogP contribution is 2.39. The standard InChI is InChI=1S/C33H25N3O2/c37-32(34-27-15-9-14-25(20-27)24-12-5-2-6-13-24)26-18-19-31-29(21-26)35-33(38)28-16-7-8-17-30(28)36(31)22-23-10-3-1-4-11-23/h1-21H,22H2,(H,34,37)(H,35,38). The van der Waals surface area contributed by atoms with Gasteiger partial charge in [0.2, 0.25) is 0 Å². The lowest BCUT2D eigenvalue weighted by molar-refractivity contribution is 0.101. The molecule has 1 aliphatic heterocycles. The Hall–Kier alpha value is -5.16. The minimum atomic E-state index is -0.247. The first-order valence-electron chi connectivity index (χ1n) is 12.5. The predicted octanol–water partition coefficient (Wildman–Crippen LogP) is 7.51. The van der Waals surface area contributed by atoms with Crippen LogP contribution in [0.4, 0.5) is 22.7 Å². The number of rotatable bonds is 5. The highest BCUT2D eigenvalue weighted by molar-refractivity contribution is 6.14. The summed E-state index contributed by atoms with van der Waals surface area (Å²) in [4.78, 5) is 28.6. The Kier molecular flexibility index (Phi) is 6.16. The van der Waals surface area contributed by atoms with Gasteiger partial charge in [-0.3, -0.25) is 9.59 Å². The molecule has 2 amide bonds. The molecule has 0 saturated carbocycles. The van der Waals surface area contributed by atoms with Crippen LogP contribution < -0.4 is 15.5 Å². The number of amides is 2. The average Bonchev–Trinajstić information content (AvgIpc) is 3.08. The molecule has 5 aromatic carbocycles. The van der Waals surface area contributed by atoms with Gasteiger partial charge in [-0.05, 0) is 59.2 Å². The molecule has 6 rings (SSSR count). The van der Waals surface area contributed by atoms with Crippen LogP contribution in [0.2, 0.25) is 0 Å². The van der Waals surface area contributed by atoms with Crippen LogP contribution in [0.3, 0.4) is 0 Å². The van der Waals surface area contributed by atoms with E-state index in [1.807, 2.05) is 103 Å². The summed E-state index contributed by atoms with van der Waals surface area (Å²) in [5.41, 5.74) is 7.20. The largest absolute Gasteiger partial charge is 0.335 e. The number of fused-ring (bicyclic) bond motifs is 2. The molecular weight excluding hydrogens is 470 g/mol. The Bertz CT molecular complexity index is 1630. The van der Waals surface area contributed by atoms with Crippen LogP contribution >= 0.6 is 0 Å². The van der Waals surface area contributed by atoms with Gasteiger partial charge >= 0.3 is 0 Å². The molecule has 0 bridgehead atoms. The number of anilines is 4. The second-order valence-electron chi connectivity index (χ2n) is 9.18. The molecule has 38 heavy (non-hydrogen) atoms. The van der Waals surface area contributed by atoms with Crippen molar-refractivity contribution in [2.45, 2.75) is 6.54 Å². The fourth-order valence-corrected chi connectivity index (χ4v) is 4.78. The molecule has 0 spiro atoms. The van der Waals surface area contributed by atoms with Crippen LogP contribution in [-0.4, -0.2) is 11.8 Å². The lowest BCUT2D eigenvalue weighted by Gasteiger charge is -2.26. The van der Waals surface area contributed by atoms with E-state index in [0.29, 0.717) is 29.0 Å². The van der Waals surface area contributed by atoms with E-state index in [0.717, 1.165) is 28.1 Å². The SMILES string of the molecule is O=C(Nc1cccc(-c2ccccc2)c1)c1ccc2c(c1)NC(=O)c1ccccc1N2Cc1ccccc1. The number of nitrogens with one attached hydrogen (secondary N) is 2. The number of nitrogens with zero attached hydrogens (tertiary/aromatic N) is 1. The van der Waals surface area contributed by atoms with Gasteiger partial charge in [-0.1, -0.05) is 84.9 Å². The van der Waals surface area contributed by atoms with Gasteiger partial charge in [0.05, 0.1) is 22.6 Å². The molecule has 1 aliphatic rings. The van der Waals surface area contributed by atoms with Gasteiger partial charge in [-0.2, -0.15) is 0 Å². The minimum absolute atomic E-state index is 0.203. The quantitative estimate of drug-likeness (QED) is 0.265. The number of hydrogen-bond acceptors (Lipinski definition) is 3. The van der Waals surface area contributed by atoms with Crippen LogP contribution in [0, 0.1) is 0 Å². The van der Waals surface area contributed by atoms with Gasteiger partial charge in [0.15, 0.2) is 0 Å². The molecule has 5 nitrogen and oxygen atoms in total. The molecule has 5 heteroatoms. The van der Waals surface area contributed by atoms with Gasteiger partial charge in [0.1, 0.15) is 0 Å². The second kappa shape index (κ2) is 10.1. The van der Waals surface area contributed by atoms with Crippen molar-refractivity contribution in [3.8, 4) is 11.1 Å². The van der Waals surface area contributed by atoms with E-state index in [-0.39, 0.29) is 11.8 Å². The second-order valence-corrected chi connectivity index (χ2v) is 9.18. The molecule has 5 aromatic rings. The molecule has 0 atom stereocenters. The number of hydrogen-bond donors (Lipinski definition) is 2. The third-order valence-electron chi connectivity index (χ3n) is 6.65. The summed E-state index contributed by atoms with van der Waals surface area (Å²) in [5, 5.41) is 6.03. The van der Waals surface area contributed by atoms with Crippen LogP contribution in [0.5, 0.6) is 0 Å². The molecule has 0 saturated heterocycles. The van der Waals surface area contributed by atoms with Crippen molar-refractivity contribution in [2.75, 3.05) is 15.5 Å². The Morgan fingerprint density at radius 1 is 0.684 bits per heavy atom. The third-order valence-corrected chi connectivity index (χ3v) is 6.65. The Morgan fingerprint density at radius 2 is 1.39 bits per heavy atom. The summed E-state index contributed by atoms with van der Waals surface area (Å²) in [6.07, 6.45) is 0. The Morgan fingerprint density at radius 3 is 2.21 bits per heavy atom. The van der Waals surface area contributed by atoms with Crippen molar-refractivity contribution >= 4 is 34.6 Å². The maximum Gasteiger partial charge on any atom is 0.257 e. The molecule has 0 radical (unpaired) electrons. The zero-order valence-electron chi connectivity index (χ0n) is 20.6. The highest BCUT2D eigenvalue weighted by atomic mass is 16.2. The highest BCUT2D eigenvalue weighted by Gasteiger charge is 2.26. The zero-order chi connectivity index (χ0) is 25.9. The topological polar surface area (TPSA) is 61.4 Å². The average molecular weight is 496 g/mol. The molecular formula is C33H25N3O2. The van der Waals surface area contributed by atoms with E-state index in [2.05, 4.69) is 27.7 Å². The molecule has 0 aromatic heterocycles. The number of carbonyl (C=O) groups is 2. The van der Waals surface area contributed by atoms with Gasteiger partial charge in [0.25, 0.3) is 11.8 Å². The molecule has 184 valence electrons. The fourth-order valence-electron chi connectivity index (χ4n) is 4.78. The van der Waals surface area contributed by atoms with Gasteiger partial charge in [0, 0.05) is 17.8 Å². The van der Waals surface area contributed by atoms with Crippen molar-refractivity contribution in [2.24, 2.45) is 0 Å². The van der Waals surface area contributed by atoms with Gasteiger partial charge in [-0.15, -0.1) is 0 Å². The van der Waals surface area contributed by atoms with E-state index in [9.17, 15) is 9.59 Å². The third kappa shape index (κ3) is 4.65. The summed E-state index contributed by atoms with van der Waals surface area (Å²) >= 11 is 0. The molecule has 1 heterocycles. The normalized spacial score (nSPS) is 12.1. The fraction of sp³-hybridized carbons (Fsp3) is 0.0303. The maximum atomic E-state index is 13.3. The Labute approximate surface area is 221 Å². The Balaban J connectivity index is 1.32. The van der Waals surface area contributed by atoms with Crippen LogP contribution in [0.25, 0.3) is 11.1 Å². The van der Waals surface area contributed by atoms with Gasteiger partial charge in [-0.25, -0.2) is 0 Å². The van der Waals surface area contributed by atoms with Crippen molar-refractivity contribution in [1.82, 2.24) is 0 Å². The van der Waals surface area contributed by atoms with E-state index in [4.69, 9.17) is 0 Å². The van der Waals surface area contributed by atoms with Gasteiger partial charge < -0.3 is 15.5 Å². The summed E-state index contributed by atoms with van der Waals surface area (Å²) in [5.74, 6) is -0.450. The number of carbonyl (C=O) groups excluding carboxylic acids is 2. The van der Waals surface area contributed by atoms with E-state index < -0.39 is 0 Å². The van der Waals surface area contributed by atoms with Crippen LogP contribution in [-0.2, 0) is 6.54 Å². The first-order chi connectivity index (χ1) is 18.7. The summed E-state index contributed by atoms with van der Waals surface area (Å²) in [6.45, 7) is 0.581. The van der Waals surface area contributed by atoms with Crippen molar-refractivity contribution in [3.63, 3.8) is 0 Å². The summed E-state index contributed by atoms with van der Waals surface area (Å²) in [7, 11) is 0. The van der Waals surface area contributed by atoms with Crippen molar-refractivity contribution in [1.29, 1.82) is 0 Å². The molecule has 0 fully saturated rings. The van der Waals surface area contributed by atoms with Crippen molar-refractivity contribution in [3.05, 3.63) is 144 Å². The summed E-state index contributed by atoms with van der Waals surface area (Å²) in [6, 6.07) is 40.9. The lowest BCUT2D eigenvalue weighted by Crippen LogP contribution is -2.18. The number of para-hydroxylation sites is 1. The van der Waals surface area contributed by atoms with Crippen LogP contribution in [0.15, 0.2) is 127 Å². The maximum absolute atomic E-state index is 13.3. The van der Waals surface area contributed by atoms with E-state index >= 15 is 0 Å². The first kappa shape index (κ1) is 23.3. The summed E-state index contributed by atoms with van der Waals surface area (Å²) < 4.78 is 0. The molecule has 0 aliphatic carbocycles. The lowest BCUT2D eigenvalue weighted by atomic mass is 10.1. The van der Waals surface area contributed by atoms with E-state index in [1.54, 1.807) is 12.1 Å². The van der Waals surface area contributed by atoms with Crippen molar-refractivity contribution < 1.29 is 9.59 Å².